The van der Waals surface area contributed by atoms with E-state index in [0.717, 1.165) is 6.42 Å². The fourth-order valence-corrected chi connectivity index (χ4v) is 1.46. The van der Waals surface area contributed by atoms with Gasteiger partial charge in [-0.05, 0) is 25.0 Å². The lowest BCUT2D eigenvalue weighted by atomic mass is 10.0. The topological polar surface area (TPSA) is 79.3 Å². The largest absolute Gasteiger partial charge is 0.477 e. The number of carbonyl (C=O) groups excluding carboxylic acids is 1. The van der Waals surface area contributed by atoms with Crippen LogP contribution in [0, 0.1) is 5.92 Å². The first-order valence-corrected chi connectivity index (χ1v) is 5.97. The molecule has 5 heteroatoms. The van der Waals surface area contributed by atoms with Crippen LogP contribution in [0.15, 0.2) is 18.2 Å². The smallest absolute Gasteiger partial charge is 0.354 e. The molecule has 0 aliphatic carbocycles. The number of aromatic nitrogens is 1. The zero-order valence-corrected chi connectivity index (χ0v) is 10.8. The van der Waals surface area contributed by atoms with Crippen molar-refractivity contribution < 1.29 is 14.7 Å². The van der Waals surface area contributed by atoms with Gasteiger partial charge < -0.3 is 10.4 Å². The van der Waals surface area contributed by atoms with Crippen LogP contribution in [-0.4, -0.2) is 28.0 Å². The molecule has 98 valence electrons. The van der Waals surface area contributed by atoms with Crippen molar-refractivity contribution in [3.05, 3.63) is 29.6 Å². The molecular formula is C13H18N2O3. The van der Waals surface area contributed by atoms with E-state index < -0.39 is 5.97 Å². The van der Waals surface area contributed by atoms with Crippen molar-refractivity contribution in [1.29, 1.82) is 0 Å². The first kappa shape index (κ1) is 14.2. The molecule has 1 heterocycles. The number of hydrogen-bond donors (Lipinski definition) is 2. The van der Waals surface area contributed by atoms with E-state index in [1.54, 1.807) is 0 Å². The number of nitrogens with zero attached hydrogens (tertiary/aromatic N) is 1. The maximum Gasteiger partial charge on any atom is 0.354 e. The lowest BCUT2D eigenvalue weighted by Crippen LogP contribution is -2.37. The predicted octanol–water partition coefficient (Wildman–Crippen LogP) is 1.94. The van der Waals surface area contributed by atoms with E-state index >= 15 is 0 Å². The Labute approximate surface area is 106 Å². The molecule has 0 saturated carbocycles. The van der Waals surface area contributed by atoms with Crippen LogP contribution >= 0.6 is 0 Å². The second-order valence-corrected chi connectivity index (χ2v) is 4.36. The zero-order chi connectivity index (χ0) is 13.7. The Kier molecular flexibility index (Phi) is 4.83. The number of hydrogen-bond acceptors (Lipinski definition) is 3. The second-order valence-electron chi connectivity index (χ2n) is 4.36. The zero-order valence-electron chi connectivity index (χ0n) is 10.8. The average Bonchev–Trinajstić information content (AvgIpc) is 2.37. The Morgan fingerprint density at radius 2 is 1.94 bits per heavy atom. The molecule has 0 unspecified atom stereocenters. The summed E-state index contributed by atoms with van der Waals surface area (Å²) < 4.78 is 0. The molecule has 0 aromatic carbocycles. The monoisotopic (exact) mass is 250 g/mol. The molecule has 1 rings (SSSR count). The predicted molar refractivity (Wildman–Crippen MR) is 67.6 cm³/mol. The molecule has 0 aliphatic heterocycles. The SMILES string of the molecule is CC[C@H](C)[C@@H](C)NC(=O)c1cccc(C(=O)O)n1. The Morgan fingerprint density at radius 1 is 1.33 bits per heavy atom. The summed E-state index contributed by atoms with van der Waals surface area (Å²) in [5.74, 6) is -1.12. The van der Waals surface area contributed by atoms with Gasteiger partial charge in [0.05, 0.1) is 0 Å². The van der Waals surface area contributed by atoms with Gasteiger partial charge in [0, 0.05) is 6.04 Å². The molecular weight excluding hydrogens is 232 g/mol. The van der Waals surface area contributed by atoms with Crippen molar-refractivity contribution >= 4 is 11.9 Å². The minimum Gasteiger partial charge on any atom is -0.477 e. The van der Waals surface area contributed by atoms with Gasteiger partial charge >= 0.3 is 5.97 Å². The summed E-state index contributed by atoms with van der Waals surface area (Å²) in [5.41, 5.74) is 0.00361. The summed E-state index contributed by atoms with van der Waals surface area (Å²) in [7, 11) is 0. The van der Waals surface area contributed by atoms with Crippen LogP contribution < -0.4 is 5.32 Å². The van der Waals surface area contributed by atoms with Crippen molar-refractivity contribution in [2.75, 3.05) is 0 Å². The maximum atomic E-state index is 11.9. The van der Waals surface area contributed by atoms with E-state index in [2.05, 4.69) is 17.2 Å². The van der Waals surface area contributed by atoms with Gasteiger partial charge in [0.15, 0.2) is 0 Å². The first-order valence-electron chi connectivity index (χ1n) is 5.97. The van der Waals surface area contributed by atoms with E-state index in [1.165, 1.54) is 18.2 Å². The Morgan fingerprint density at radius 3 is 2.50 bits per heavy atom. The molecule has 0 fully saturated rings. The molecule has 0 radical (unpaired) electrons. The number of pyridine rings is 1. The maximum absolute atomic E-state index is 11.9. The van der Waals surface area contributed by atoms with Crippen LogP contribution in [0.2, 0.25) is 0 Å². The molecule has 0 spiro atoms. The Balaban J connectivity index is 2.78. The Bertz CT molecular complexity index is 446. The number of carboxylic acid groups (broad SMARTS) is 1. The number of nitrogens with one attached hydrogen (secondary N) is 1. The molecule has 0 aliphatic rings. The first-order chi connectivity index (χ1) is 8.45. The van der Waals surface area contributed by atoms with Gasteiger partial charge in [-0.15, -0.1) is 0 Å². The standard InChI is InChI=1S/C13H18N2O3/c1-4-8(2)9(3)14-12(16)10-6-5-7-11(15-10)13(17)18/h5-9H,4H2,1-3H3,(H,14,16)(H,17,18)/t8-,9+/m0/s1. The van der Waals surface area contributed by atoms with Gasteiger partial charge in [-0.3, -0.25) is 4.79 Å². The minimum absolute atomic E-state index is 0.0257. The summed E-state index contributed by atoms with van der Waals surface area (Å²) in [4.78, 5) is 26.4. The summed E-state index contributed by atoms with van der Waals surface area (Å²) >= 11 is 0. The van der Waals surface area contributed by atoms with E-state index in [9.17, 15) is 9.59 Å². The molecule has 0 saturated heterocycles. The van der Waals surface area contributed by atoms with E-state index in [-0.39, 0.29) is 23.3 Å². The molecule has 1 amide bonds. The van der Waals surface area contributed by atoms with Crippen molar-refractivity contribution in [2.45, 2.75) is 33.2 Å². The van der Waals surface area contributed by atoms with Gasteiger partial charge in [-0.2, -0.15) is 0 Å². The molecule has 2 N–H and O–H groups in total. The summed E-state index contributed by atoms with van der Waals surface area (Å²) in [6.45, 7) is 6.02. The molecule has 18 heavy (non-hydrogen) atoms. The van der Waals surface area contributed by atoms with Gasteiger partial charge in [0.1, 0.15) is 11.4 Å². The Hall–Kier alpha value is -1.91. The van der Waals surface area contributed by atoms with Crippen LogP contribution in [0.5, 0.6) is 0 Å². The lowest BCUT2D eigenvalue weighted by Gasteiger charge is -2.19. The highest BCUT2D eigenvalue weighted by Gasteiger charge is 2.16. The quantitative estimate of drug-likeness (QED) is 0.837. The number of carbonyl (C=O) groups is 2. The van der Waals surface area contributed by atoms with E-state index in [4.69, 9.17) is 5.11 Å². The third-order valence-corrected chi connectivity index (χ3v) is 3.06. The average molecular weight is 250 g/mol. The van der Waals surface area contributed by atoms with Crippen LogP contribution in [-0.2, 0) is 0 Å². The number of carboxylic acids is 1. The van der Waals surface area contributed by atoms with Crippen LogP contribution in [0.1, 0.15) is 48.2 Å². The van der Waals surface area contributed by atoms with Crippen LogP contribution in [0.25, 0.3) is 0 Å². The van der Waals surface area contributed by atoms with Crippen LogP contribution in [0.3, 0.4) is 0 Å². The number of amides is 1. The van der Waals surface area contributed by atoms with Crippen molar-refractivity contribution in [1.82, 2.24) is 10.3 Å². The molecule has 5 nitrogen and oxygen atoms in total. The highest BCUT2D eigenvalue weighted by molar-refractivity contribution is 5.94. The summed E-state index contributed by atoms with van der Waals surface area (Å²) in [6.07, 6.45) is 0.962. The van der Waals surface area contributed by atoms with Gasteiger partial charge in [-0.25, -0.2) is 9.78 Å². The van der Waals surface area contributed by atoms with Crippen molar-refractivity contribution in [3.8, 4) is 0 Å². The molecule has 2 atom stereocenters. The molecule has 0 bridgehead atoms. The second kappa shape index (κ2) is 6.14. The number of aromatic carboxylic acids is 1. The van der Waals surface area contributed by atoms with Gasteiger partial charge in [0.25, 0.3) is 5.91 Å². The third-order valence-electron chi connectivity index (χ3n) is 3.06. The molecule has 1 aromatic rings. The third kappa shape index (κ3) is 3.55. The van der Waals surface area contributed by atoms with Crippen LogP contribution in [0.4, 0.5) is 0 Å². The fourth-order valence-electron chi connectivity index (χ4n) is 1.46. The van der Waals surface area contributed by atoms with E-state index in [1.807, 2.05) is 13.8 Å². The normalized spacial score (nSPS) is 13.7. The van der Waals surface area contributed by atoms with Gasteiger partial charge in [-0.1, -0.05) is 26.3 Å². The summed E-state index contributed by atoms with van der Waals surface area (Å²) in [6, 6.07) is 4.40. The highest BCUT2D eigenvalue weighted by atomic mass is 16.4. The minimum atomic E-state index is -1.14. The fraction of sp³-hybridized carbons (Fsp3) is 0.462. The number of rotatable bonds is 5. The molecule has 1 aromatic heterocycles. The van der Waals surface area contributed by atoms with Crippen molar-refractivity contribution in [3.63, 3.8) is 0 Å². The summed E-state index contributed by atoms with van der Waals surface area (Å²) in [5, 5.41) is 11.6. The van der Waals surface area contributed by atoms with Crippen molar-refractivity contribution in [2.24, 2.45) is 5.92 Å². The van der Waals surface area contributed by atoms with E-state index in [0.29, 0.717) is 5.92 Å². The van der Waals surface area contributed by atoms with Gasteiger partial charge in [0.2, 0.25) is 0 Å². The lowest BCUT2D eigenvalue weighted by molar-refractivity contribution is 0.0690. The highest BCUT2D eigenvalue weighted by Crippen LogP contribution is 2.08.